The average molecular weight is 364 g/mol. The first-order valence-electron chi connectivity index (χ1n) is 9.36. The molecule has 1 aromatic carbocycles. The van der Waals surface area contributed by atoms with E-state index in [9.17, 15) is 4.79 Å². The maximum Gasteiger partial charge on any atom is 0.223 e. The summed E-state index contributed by atoms with van der Waals surface area (Å²) in [6, 6.07) is 8.12. The second-order valence-corrected chi connectivity index (χ2v) is 7.09. The van der Waals surface area contributed by atoms with Gasteiger partial charge >= 0.3 is 0 Å². The number of nitrogens with zero attached hydrogens (tertiary/aromatic N) is 4. The van der Waals surface area contributed by atoms with Gasteiger partial charge in [-0.15, -0.1) is 0 Å². The van der Waals surface area contributed by atoms with Crippen LogP contribution >= 0.6 is 0 Å². The molecule has 1 amide bonds. The van der Waals surface area contributed by atoms with E-state index >= 15 is 0 Å². The second kappa shape index (κ2) is 6.98. The molecule has 1 aliphatic carbocycles. The molecule has 0 atom stereocenters. The van der Waals surface area contributed by atoms with Crippen LogP contribution in [0.3, 0.4) is 0 Å². The topological polar surface area (TPSA) is 84.7 Å². The van der Waals surface area contributed by atoms with Gasteiger partial charge in [0.15, 0.2) is 5.65 Å². The molecular weight excluding hydrogens is 340 g/mol. The summed E-state index contributed by atoms with van der Waals surface area (Å²) >= 11 is 0. The number of rotatable bonds is 6. The van der Waals surface area contributed by atoms with Gasteiger partial charge in [-0.1, -0.05) is 18.2 Å². The lowest BCUT2D eigenvalue weighted by Gasteiger charge is -2.10. The second-order valence-electron chi connectivity index (χ2n) is 7.09. The summed E-state index contributed by atoms with van der Waals surface area (Å²) in [6.07, 6.45) is 2.03. The molecule has 1 fully saturated rings. The Bertz CT molecular complexity index is 1010. The first-order valence-corrected chi connectivity index (χ1v) is 9.36. The number of hydrogen-bond acceptors (Lipinski definition) is 5. The first kappa shape index (κ1) is 17.5. The van der Waals surface area contributed by atoms with Crippen molar-refractivity contribution in [3.05, 3.63) is 41.3 Å². The first-order chi connectivity index (χ1) is 13.0. The highest BCUT2D eigenvalue weighted by molar-refractivity contribution is 5.90. The van der Waals surface area contributed by atoms with Crippen molar-refractivity contribution >= 4 is 22.8 Å². The predicted octanol–water partition coefficient (Wildman–Crippen LogP) is 2.68. The van der Waals surface area contributed by atoms with E-state index in [4.69, 9.17) is 5.10 Å². The third-order valence-corrected chi connectivity index (χ3v) is 4.82. The van der Waals surface area contributed by atoms with Crippen molar-refractivity contribution in [2.45, 2.75) is 33.6 Å². The largest absolute Gasteiger partial charge is 0.368 e. The fraction of sp³-hybridized carbons (Fsp3) is 0.400. The molecule has 0 unspecified atom stereocenters. The minimum Gasteiger partial charge on any atom is -0.368 e. The Balaban J connectivity index is 1.61. The average Bonchev–Trinajstić information content (AvgIpc) is 3.44. The Hall–Kier alpha value is -2.96. The lowest BCUT2D eigenvalue weighted by Crippen LogP contribution is -2.30. The van der Waals surface area contributed by atoms with Gasteiger partial charge in [0.2, 0.25) is 5.91 Å². The summed E-state index contributed by atoms with van der Waals surface area (Å²) in [5, 5.41) is 11.9. The molecule has 4 rings (SSSR count). The molecule has 0 aliphatic heterocycles. The number of anilines is 1. The van der Waals surface area contributed by atoms with Crippen LogP contribution < -0.4 is 10.6 Å². The number of amides is 1. The molecule has 2 N–H and O–H groups in total. The highest BCUT2D eigenvalue weighted by atomic mass is 16.2. The molecule has 2 heterocycles. The summed E-state index contributed by atoms with van der Waals surface area (Å²) in [4.78, 5) is 21.0. The van der Waals surface area contributed by atoms with Gasteiger partial charge in [0.25, 0.3) is 0 Å². The van der Waals surface area contributed by atoms with Crippen molar-refractivity contribution in [3.8, 4) is 5.69 Å². The van der Waals surface area contributed by atoms with E-state index in [0.717, 1.165) is 46.6 Å². The van der Waals surface area contributed by atoms with Crippen LogP contribution in [-0.4, -0.2) is 38.7 Å². The van der Waals surface area contributed by atoms with Crippen LogP contribution in [-0.2, 0) is 4.79 Å². The predicted molar refractivity (Wildman–Crippen MR) is 105 cm³/mol. The minimum atomic E-state index is 0.157. The maximum absolute atomic E-state index is 11.8. The monoisotopic (exact) mass is 364 g/mol. The number of carbonyl (C=O) groups excluding carboxylic acids is 1. The summed E-state index contributed by atoms with van der Waals surface area (Å²) < 4.78 is 1.88. The van der Waals surface area contributed by atoms with E-state index < -0.39 is 0 Å². The van der Waals surface area contributed by atoms with Crippen molar-refractivity contribution < 1.29 is 4.79 Å². The molecular formula is C20H24N6O. The van der Waals surface area contributed by atoms with Gasteiger partial charge in [-0.25, -0.2) is 14.6 Å². The van der Waals surface area contributed by atoms with Crippen LogP contribution in [0.4, 0.5) is 5.82 Å². The fourth-order valence-electron chi connectivity index (χ4n) is 3.24. The number of carbonyl (C=O) groups is 1. The van der Waals surface area contributed by atoms with Gasteiger partial charge in [0.1, 0.15) is 11.6 Å². The minimum absolute atomic E-state index is 0.157. The standard InChI is InChI=1S/C20H24N6O/c1-12-6-4-5-7-16(12)26-19-17(13(2)25-26)18(23-14(3)24-19)21-10-11-22-20(27)15-8-9-15/h4-7,15H,8-11H2,1-3H3,(H,22,27)(H,21,23,24). The number of para-hydroxylation sites is 1. The Kier molecular flexibility index (Phi) is 4.51. The molecule has 0 spiro atoms. The normalized spacial score (nSPS) is 13.7. The summed E-state index contributed by atoms with van der Waals surface area (Å²) in [6.45, 7) is 7.09. The Morgan fingerprint density at radius 1 is 1.15 bits per heavy atom. The molecule has 2 aromatic heterocycles. The molecule has 7 heteroatoms. The van der Waals surface area contributed by atoms with E-state index in [1.54, 1.807) is 0 Å². The van der Waals surface area contributed by atoms with Gasteiger partial charge < -0.3 is 10.6 Å². The summed E-state index contributed by atoms with van der Waals surface area (Å²) in [5.41, 5.74) is 3.81. The number of hydrogen-bond donors (Lipinski definition) is 2. The SMILES string of the molecule is Cc1nc(NCCNC(=O)C2CC2)c2c(C)nn(-c3ccccc3C)c2n1. The zero-order valence-electron chi connectivity index (χ0n) is 15.9. The molecule has 0 saturated heterocycles. The highest BCUT2D eigenvalue weighted by Gasteiger charge is 2.29. The lowest BCUT2D eigenvalue weighted by molar-refractivity contribution is -0.122. The number of benzene rings is 1. The van der Waals surface area contributed by atoms with E-state index in [2.05, 4.69) is 33.6 Å². The lowest BCUT2D eigenvalue weighted by atomic mass is 10.2. The zero-order chi connectivity index (χ0) is 19.0. The van der Waals surface area contributed by atoms with Crippen molar-refractivity contribution in [1.29, 1.82) is 0 Å². The molecule has 0 bridgehead atoms. The fourth-order valence-corrected chi connectivity index (χ4v) is 3.24. The van der Waals surface area contributed by atoms with Gasteiger partial charge in [-0.2, -0.15) is 5.10 Å². The number of aromatic nitrogens is 4. The van der Waals surface area contributed by atoms with Crippen LogP contribution in [0.15, 0.2) is 24.3 Å². The van der Waals surface area contributed by atoms with Crippen molar-refractivity contribution in [2.75, 3.05) is 18.4 Å². The molecule has 3 aromatic rings. The van der Waals surface area contributed by atoms with Crippen LogP contribution in [0, 0.1) is 26.7 Å². The molecule has 27 heavy (non-hydrogen) atoms. The summed E-state index contributed by atoms with van der Waals surface area (Å²) in [5.74, 6) is 1.83. The Labute approximate surface area is 158 Å². The number of fused-ring (bicyclic) bond motifs is 1. The van der Waals surface area contributed by atoms with Crippen LogP contribution in [0.1, 0.15) is 29.9 Å². The smallest absolute Gasteiger partial charge is 0.223 e. The van der Waals surface area contributed by atoms with Gasteiger partial charge in [-0.3, -0.25) is 4.79 Å². The van der Waals surface area contributed by atoms with Crippen molar-refractivity contribution in [3.63, 3.8) is 0 Å². The van der Waals surface area contributed by atoms with E-state index in [-0.39, 0.29) is 11.8 Å². The van der Waals surface area contributed by atoms with Gasteiger partial charge in [0.05, 0.1) is 16.8 Å². The van der Waals surface area contributed by atoms with Crippen LogP contribution in [0.2, 0.25) is 0 Å². The van der Waals surface area contributed by atoms with Crippen molar-refractivity contribution in [2.24, 2.45) is 5.92 Å². The molecule has 1 saturated carbocycles. The molecule has 0 radical (unpaired) electrons. The van der Waals surface area contributed by atoms with Crippen LogP contribution in [0.25, 0.3) is 16.7 Å². The molecule has 1 aliphatic rings. The van der Waals surface area contributed by atoms with E-state index in [0.29, 0.717) is 18.9 Å². The van der Waals surface area contributed by atoms with Gasteiger partial charge in [-0.05, 0) is 45.2 Å². The van der Waals surface area contributed by atoms with Crippen molar-refractivity contribution in [1.82, 2.24) is 25.1 Å². The number of aryl methyl sites for hydroxylation is 3. The molecule has 140 valence electrons. The highest BCUT2D eigenvalue weighted by Crippen LogP contribution is 2.29. The quantitative estimate of drug-likeness (QED) is 0.657. The van der Waals surface area contributed by atoms with Gasteiger partial charge in [0, 0.05) is 19.0 Å². The zero-order valence-corrected chi connectivity index (χ0v) is 15.9. The Morgan fingerprint density at radius 2 is 1.93 bits per heavy atom. The van der Waals surface area contributed by atoms with Crippen LogP contribution in [0.5, 0.6) is 0 Å². The third kappa shape index (κ3) is 3.49. The molecule has 7 nitrogen and oxygen atoms in total. The summed E-state index contributed by atoms with van der Waals surface area (Å²) in [7, 11) is 0. The van der Waals surface area contributed by atoms with E-state index in [1.807, 2.05) is 36.7 Å². The van der Waals surface area contributed by atoms with E-state index in [1.165, 1.54) is 0 Å². The third-order valence-electron chi connectivity index (χ3n) is 4.82. The maximum atomic E-state index is 11.8. The number of nitrogens with one attached hydrogen (secondary N) is 2. The Morgan fingerprint density at radius 3 is 2.67 bits per heavy atom.